The molecule has 1 aliphatic rings. The Balaban J connectivity index is 2.44. The molecule has 0 aliphatic heterocycles. The molecule has 2 nitrogen and oxygen atoms in total. The Hall–Kier alpha value is -0.0800. The average molecular weight is 227 g/mol. The number of rotatable bonds is 5. The lowest BCUT2D eigenvalue weighted by atomic mass is 9.65. The Kier molecular flexibility index (Phi) is 4.81. The highest BCUT2D eigenvalue weighted by atomic mass is 16.5. The van der Waals surface area contributed by atoms with Crippen molar-refractivity contribution in [1.29, 1.82) is 0 Å². The van der Waals surface area contributed by atoms with E-state index in [-0.39, 0.29) is 5.54 Å². The molecule has 1 rings (SSSR count). The van der Waals surface area contributed by atoms with Crippen LogP contribution in [0.2, 0.25) is 0 Å². The van der Waals surface area contributed by atoms with Crippen LogP contribution in [0.1, 0.15) is 59.3 Å². The van der Waals surface area contributed by atoms with Gasteiger partial charge in [0.15, 0.2) is 0 Å². The molecule has 0 aromatic rings. The minimum Gasteiger partial charge on any atom is -0.385 e. The maximum absolute atomic E-state index is 6.41. The summed E-state index contributed by atoms with van der Waals surface area (Å²) in [6, 6.07) is 0. The van der Waals surface area contributed by atoms with Crippen LogP contribution in [-0.2, 0) is 4.74 Å². The highest BCUT2D eigenvalue weighted by Crippen LogP contribution is 2.43. The molecule has 0 heterocycles. The topological polar surface area (TPSA) is 35.2 Å². The highest BCUT2D eigenvalue weighted by Gasteiger charge is 2.36. The van der Waals surface area contributed by atoms with Gasteiger partial charge in [0.25, 0.3) is 0 Å². The fourth-order valence-corrected chi connectivity index (χ4v) is 2.82. The monoisotopic (exact) mass is 227 g/mol. The molecule has 0 spiro atoms. The second kappa shape index (κ2) is 5.50. The van der Waals surface area contributed by atoms with Gasteiger partial charge >= 0.3 is 0 Å². The highest BCUT2D eigenvalue weighted by molar-refractivity contribution is 4.93. The number of nitrogens with two attached hydrogens (primary N) is 1. The summed E-state index contributed by atoms with van der Waals surface area (Å²) in [4.78, 5) is 0. The van der Waals surface area contributed by atoms with Gasteiger partial charge in [0.1, 0.15) is 0 Å². The van der Waals surface area contributed by atoms with Crippen molar-refractivity contribution in [2.75, 3.05) is 13.7 Å². The predicted molar refractivity (Wildman–Crippen MR) is 69.4 cm³/mol. The van der Waals surface area contributed by atoms with E-state index in [1.165, 1.54) is 32.1 Å². The molecular formula is C14H29NO. The van der Waals surface area contributed by atoms with Crippen molar-refractivity contribution >= 4 is 0 Å². The molecule has 1 fully saturated rings. The SMILES string of the molecule is CCC(C)(C)C1CCC(N)(CCOC)CC1. The van der Waals surface area contributed by atoms with Crippen molar-refractivity contribution in [2.45, 2.75) is 64.8 Å². The van der Waals surface area contributed by atoms with Crippen LogP contribution in [0.3, 0.4) is 0 Å². The summed E-state index contributed by atoms with van der Waals surface area (Å²) < 4.78 is 5.15. The van der Waals surface area contributed by atoms with Crippen LogP contribution < -0.4 is 5.73 Å². The third kappa shape index (κ3) is 3.46. The van der Waals surface area contributed by atoms with E-state index in [1.807, 2.05) is 0 Å². The molecule has 16 heavy (non-hydrogen) atoms. The van der Waals surface area contributed by atoms with Crippen molar-refractivity contribution in [1.82, 2.24) is 0 Å². The molecule has 96 valence electrons. The van der Waals surface area contributed by atoms with Crippen molar-refractivity contribution in [2.24, 2.45) is 17.1 Å². The Morgan fingerprint density at radius 1 is 1.31 bits per heavy atom. The van der Waals surface area contributed by atoms with Crippen LogP contribution in [0.15, 0.2) is 0 Å². The van der Waals surface area contributed by atoms with Gasteiger partial charge in [-0.05, 0) is 43.4 Å². The van der Waals surface area contributed by atoms with Crippen molar-refractivity contribution < 1.29 is 4.74 Å². The fraction of sp³-hybridized carbons (Fsp3) is 1.00. The van der Waals surface area contributed by atoms with Gasteiger partial charge in [0, 0.05) is 19.3 Å². The summed E-state index contributed by atoms with van der Waals surface area (Å²) >= 11 is 0. The zero-order chi connectivity index (χ0) is 12.2. The summed E-state index contributed by atoms with van der Waals surface area (Å²) in [5, 5.41) is 0. The van der Waals surface area contributed by atoms with Gasteiger partial charge in [0.2, 0.25) is 0 Å². The molecule has 0 aromatic heterocycles. The van der Waals surface area contributed by atoms with E-state index in [1.54, 1.807) is 7.11 Å². The molecule has 1 aliphatic carbocycles. The summed E-state index contributed by atoms with van der Waals surface area (Å²) in [6.45, 7) is 7.90. The lowest BCUT2D eigenvalue weighted by Gasteiger charge is -2.43. The molecule has 0 amide bonds. The zero-order valence-corrected chi connectivity index (χ0v) is 11.5. The molecule has 0 aromatic carbocycles. The Morgan fingerprint density at radius 3 is 2.31 bits per heavy atom. The van der Waals surface area contributed by atoms with Gasteiger partial charge in [-0.15, -0.1) is 0 Å². The van der Waals surface area contributed by atoms with Crippen molar-refractivity contribution in [3.05, 3.63) is 0 Å². The van der Waals surface area contributed by atoms with E-state index < -0.39 is 0 Å². The van der Waals surface area contributed by atoms with Crippen LogP contribution in [0, 0.1) is 11.3 Å². The molecule has 0 radical (unpaired) electrons. The van der Waals surface area contributed by atoms with E-state index >= 15 is 0 Å². The van der Waals surface area contributed by atoms with Crippen LogP contribution >= 0.6 is 0 Å². The minimum absolute atomic E-state index is 0.0519. The van der Waals surface area contributed by atoms with Gasteiger partial charge < -0.3 is 10.5 Å². The Labute approximate surface area is 101 Å². The molecule has 0 atom stereocenters. The minimum atomic E-state index is 0.0519. The van der Waals surface area contributed by atoms with Gasteiger partial charge in [-0.1, -0.05) is 27.2 Å². The van der Waals surface area contributed by atoms with Crippen LogP contribution in [0.4, 0.5) is 0 Å². The maximum Gasteiger partial charge on any atom is 0.0479 e. The van der Waals surface area contributed by atoms with Gasteiger partial charge in [0.05, 0.1) is 0 Å². The van der Waals surface area contributed by atoms with Crippen LogP contribution in [-0.4, -0.2) is 19.3 Å². The first-order valence-electron chi connectivity index (χ1n) is 6.71. The number of ether oxygens (including phenoxy) is 1. The standard InChI is InChI=1S/C14H29NO/c1-5-13(2,3)12-6-8-14(15,9-7-12)10-11-16-4/h12H,5-11,15H2,1-4H3. The summed E-state index contributed by atoms with van der Waals surface area (Å²) in [5.74, 6) is 0.858. The van der Waals surface area contributed by atoms with Crippen LogP contribution in [0.25, 0.3) is 0 Å². The molecular weight excluding hydrogens is 198 g/mol. The fourth-order valence-electron chi connectivity index (χ4n) is 2.82. The summed E-state index contributed by atoms with van der Waals surface area (Å²) in [6.07, 6.45) is 7.22. The number of hydrogen-bond donors (Lipinski definition) is 1. The predicted octanol–water partition coefficient (Wildman–Crippen LogP) is 3.35. The second-order valence-corrected chi connectivity index (χ2v) is 6.22. The lowest BCUT2D eigenvalue weighted by Crippen LogP contribution is -2.46. The smallest absolute Gasteiger partial charge is 0.0479 e. The van der Waals surface area contributed by atoms with Gasteiger partial charge in [-0.3, -0.25) is 0 Å². The van der Waals surface area contributed by atoms with E-state index in [4.69, 9.17) is 10.5 Å². The first-order valence-corrected chi connectivity index (χ1v) is 6.71. The Bertz CT molecular complexity index is 205. The first kappa shape index (κ1) is 14.0. The summed E-state index contributed by atoms with van der Waals surface area (Å²) in [7, 11) is 1.76. The average Bonchev–Trinajstić information content (AvgIpc) is 2.27. The van der Waals surface area contributed by atoms with E-state index in [0.29, 0.717) is 5.41 Å². The molecule has 1 saturated carbocycles. The van der Waals surface area contributed by atoms with E-state index in [9.17, 15) is 0 Å². The maximum atomic E-state index is 6.41. The molecule has 0 bridgehead atoms. The van der Waals surface area contributed by atoms with Crippen molar-refractivity contribution in [3.63, 3.8) is 0 Å². The second-order valence-electron chi connectivity index (χ2n) is 6.22. The molecule has 0 unspecified atom stereocenters. The third-order valence-corrected chi connectivity index (χ3v) is 4.80. The van der Waals surface area contributed by atoms with Gasteiger partial charge in [-0.2, -0.15) is 0 Å². The number of hydrogen-bond acceptors (Lipinski definition) is 2. The zero-order valence-electron chi connectivity index (χ0n) is 11.5. The van der Waals surface area contributed by atoms with E-state index in [0.717, 1.165) is 18.9 Å². The molecule has 2 N–H and O–H groups in total. The quantitative estimate of drug-likeness (QED) is 0.781. The summed E-state index contributed by atoms with van der Waals surface area (Å²) in [5.41, 5.74) is 6.95. The van der Waals surface area contributed by atoms with Gasteiger partial charge in [-0.25, -0.2) is 0 Å². The van der Waals surface area contributed by atoms with Crippen LogP contribution in [0.5, 0.6) is 0 Å². The lowest BCUT2D eigenvalue weighted by molar-refractivity contribution is 0.0927. The van der Waals surface area contributed by atoms with Crippen molar-refractivity contribution in [3.8, 4) is 0 Å². The Morgan fingerprint density at radius 2 is 1.88 bits per heavy atom. The molecule has 0 saturated heterocycles. The number of methoxy groups -OCH3 is 1. The first-order chi connectivity index (χ1) is 7.43. The molecule has 2 heteroatoms. The third-order valence-electron chi connectivity index (χ3n) is 4.80. The van der Waals surface area contributed by atoms with E-state index in [2.05, 4.69) is 20.8 Å². The largest absolute Gasteiger partial charge is 0.385 e. The normalized spacial score (nSPS) is 31.7.